The summed E-state index contributed by atoms with van der Waals surface area (Å²) in [5, 5.41) is 3.47. The highest BCUT2D eigenvalue weighted by atomic mass is 15.0. The molecule has 0 radical (unpaired) electrons. The van der Waals surface area contributed by atoms with Gasteiger partial charge in [-0.15, -0.1) is 0 Å². The van der Waals surface area contributed by atoms with Gasteiger partial charge in [0.05, 0.1) is 11.4 Å². The molecule has 0 atom stereocenters. The van der Waals surface area contributed by atoms with Gasteiger partial charge in [-0.3, -0.25) is 0 Å². The Morgan fingerprint density at radius 1 is 1.14 bits per heavy atom. The third-order valence-electron chi connectivity index (χ3n) is 5.23. The first-order chi connectivity index (χ1) is 9.96. The molecule has 0 saturated heterocycles. The van der Waals surface area contributed by atoms with Crippen LogP contribution in [0.15, 0.2) is 0 Å². The Bertz CT molecular complexity index is 509. The van der Waals surface area contributed by atoms with Crippen molar-refractivity contribution >= 4 is 0 Å². The van der Waals surface area contributed by atoms with Crippen molar-refractivity contribution < 1.29 is 0 Å². The predicted molar refractivity (Wildman–Crippen MR) is 86.5 cm³/mol. The largest absolute Gasteiger partial charge is 0.312 e. The maximum absolute atomic E-state index is 5.01. The molecule has 1 fully saturated rings. The number of nitrogens with one attached hydrogen (secondary N) is 1. The van der Waals surface area contributed by atoms with Crippen LogP contribution in [0.4, 0.5) is 0 Å². The summed E-state index contributed by atoms with van der Waals surface area (Å²) in [6.45, 7) is 11.3. The van der Waals surface area contributed by atoms with Crippen LogP contribution in [-0.4, -0.2) is 16.5 Å². The second-order valence-corrected chi connectivity index (χ2v) is 7.91. The molecule has 21 heavy (non-hydrogen) atoms. The number of aromatic nitrogens is 2. The summed E-state index contributed by atoms with van der Waals surface area (Å²) < 4.78 is 0. The smallest absolute Gasteiger partial charge is 0.131 e. The third-order valence-corrected chi connectivity index (χ3v) is 5.23. The van der Waals surface area contributed by atoms with Crippen molar-refractivity contribution in [2.75, 3.05) is 6.54 Å². The molecular formula is C18H29N3. The van der Waals surface area contributed by atoms with E-state index < -0.39 is 0 Å². The summed E-state index contributed by atoms with van der Waals surface area (Å²) in [4.78, 5) is 9.98. The summed E-state index contributed by atoms with van der Waals surface area (Å²) >= 11 is 0. The summed E-state index contributed by atoms with van der Waals surface area (Å²) in [5.74, 6) is 2.20. The Balaban J connectivity index is 1.91. The van der Waals surface area contributed by atoms with Gasteiger partial charge in [0.25, 0.3) is 0 Å². The van der Waals surface area contributed by atoms with Crippen molar-refractivity contribution in [3.05, 3.63) is 22.8 Å². The zero-order valence-corrected chi connectivity index (χ0v) is 14.0. The standard InChI is InChI=1S/C18H29N3/c1-12(2)16-14-11-19-10-7-15(14)20-17(21-16)13-5-8-18(3,4)9-6-13/h12-13,19H,5-11H2,1-4H3. The molecule has 0 unspecified atom stereocenters. The molecule has 3 nitrogen and oxygen atoms in total. The second kappa shape index (κ2) is 5.68. The third kappa shape index (κ3) is 3.13. The van der Waals surface area contributed by atoms with Crippen LogP contribution < -0.4 is 5.32 Å². The minimum absolute atomic E-state index is 0.487. The zero-order valence-electron chi connectivity index (χ0n) is 14.0. The summed E-state index contributed by atoms with van der Waals surface area (Å²) in [6.07, 6.45) is 6.17. The van der Waals surface area contributed by atoms with Crippen LogP contribution in [-0.2, 0) is 13.0 Å². The number of rotatable bonds is 2. The van der Waals surface area contributed by atoms with Crippen LogP contribution in [0.25, 0.3) is 0 Å². The topological polar surface area (TPSA) is 37.8 Å². The molecule has 1 aromatic rings. The lowest BCUT2D eigenvalue weighted by molar-refractivity contribution is 0.220. The molecule has 1 aliphatic carbocycles. The fourth-order valence-electron chi connectivity index (χ4n) is 3.71. The van der Waals surface area contributed by atoms with E-state index in [-0.39, 0.29) is 0 Å². The predicted octanol–water partition coefficient (Wildman–Crippen LogP) is 3.93. The van der Waals surface area contributed by atoms with Gasteiger partial charge in [-0.05, 0) is 37.0 Å². The van der Waals surface area contributed by atoms with Gasteiger partial charge in [-0.1, -0.05) is 27.7 Å². The highest BCUT2D eigenvalue weighted by molar-refractivity contribution is 5.31. The second-order valence-electron chi connectivity index (χ2n) is 7.91. The molecule has 2 aliphatic rings. The summed E-state index contributed by atoms with van der Waals surface area (Å²) in [5.41, 5.74) is 4.48. The van der Waals surface area contributed by atoms with Crippen LogP contribution in [0, 0.1) is 5.41 Å². The lowest BCUT2D eigenvalue weighted by Gasteiger charge is -2.34. The lowest BCUT2D eigenvalue weighted by atomic mass is 9.73. The maximum atomic E-state index is 5.01. The van der Waals surface area contributed by atoms with E-state index in [9.17, 15) is 0 Å². The molecule has 0 bridgehead atoms. The van der Waals surface area contributed by atoms with Gasteiger partial charge in [-0.2, -0.15) is 0 Å². The van der Waals surface area contributed by atoms with Gasteiger partial charge in [0, 0.05) is 31.0 Å². The first-order valence-electron chi connectivity index (χ1n) is 8.56. The van der Waals surface area contributed by atoms with Crippen LogP contribution in [0.1, 0.15) is 88.0 Å². The van der Waals surface area contributed by atoms with E-state index in [0.717, 1.165) is 25.3 Å². The molecule has 0 spiro atoms. The van der Waals surface area contributed by atoms with Crippen LogP contribution in [0.2, 0.25) is 0 Å². The van der Waals surface area contributed by atoms with E-state index in [1.54, 1.807) is 0 Å². The first kappa shape index (κ1) is 15.0. The normalized spacial score (nSPS) is 22.3. The van der Waals surface area contributed by atoms with Crippen molar-refractivity contribution in [2.24, 2.45) is 5.41 Å². The van der Waals surface area contributed by atoms with Crippen molar-refractivity contribution in [3.8, 4) is 0 Å². The molecule has 1 saturated carbocycles. The molecule has 0 amide bonds. The Kier molecular flexibility index (Phi) is 4.04. The molecule has 1 aromatic heterocycles. The van der Waals surface area contributed by atoms with Crippen LogP contribution in [0.3, 0.4) is 0 Å². The molecule has 116 valence electrons. The fraction of sp³-hybridized carbons (Fsp3) is 0.778. The van der Waals surface area contributed by atoms with Crippen molar-refractivity contribution in [2.45, 2.75) is 78.2 Å². The quantitative estimate of drug-likeness (QED) is 0.895. The minimum Gasteiger partial charge on any atom is -0.312 e. The first-order valence-corrected chi connectivity index (χ1v) is 8.56. The molecule has 1 N–H and O–H groups in total. The van der Waals surface area contributed by atoms with Gasteiger partial charge in [0.2, 0.25) is 0 Å². The Hall–Kier alpha value is -0.960. The van der Waals surface area contributed by atoms with Gasteiger partial charge < -0.3 is 5.32 Å². The molecule has 0 aromatic carbocycles. The maximum Gasteiger partial charge on any atom is 0.131 e. The van der Waals surface area contributed by atoms with Crippen LogP contribution in [0.5, 0.6) is 0 Å². The van der Waals surface area contributed by atoms with E-state index in [1.807, 2.05) is 0 Å². The molecule has 3 heteroatoms. The highest BCUT2D eigenvalue weighted by Gasteiger charge is 2.30. The number of fused-ring (bicyclic) bond motifs is 1. The molecule has 2 heterocycles. The van der Waals surface area contributed by atoms with E-state index in [2.05, 4.69) is 33.0 Å². The SMILES string of the molecule is CC(C)c1nc(C2CCC(C)(C)CC2)nc2c1CNCC2. The Labute approximate surface area is 129 Å². The molecular weight excluding hydrogens is 258 g/mol. The minimum atomic E-state index is 0.487. The fourth-order valence-corrected chi connectivity index (χ4v) is 3.71. The number of hydrogen-bond donors (Lipinski definition) is 1. The van der Waals surface area contributed by atoms with Crippen molar-refractivity contribution in [1.29, 1.82) is 0 Å². The van der Waals surface area contributed by atoms with E-state index in [4.69, 9.17) is 9.97 Å². The van der Waals surface area contributed by atoms with Crippen molar-refractivity contribution in [3.63, 3.8) is 0 Å². The monoisotopic (exact) mass is 287 g/mol. The van der Waals surface area contributed by atoms with Gasteiger partial charge in [-0.25, -0.2) is 9.97 Å². The number of hydrogen-bond acceptors (Lipinski definition) is 3. The summed E-state index contributed by atoms with van der Waals surface area (Å²) in [6, 6.07) is 0. The van der Waals surface area contributed by atoms with E-state index in [0.29, 0.717) is 17.3 Å². The Morgan fingerprint density at radius 3 is 2.52 bits per heavy atom. The van der Waals surface area contributed by atoms with E-state index >= 15 is 0 Å². The lowest BCUT2D eigenvalue weighted by Crippen LogP contribution is -2.29. The number of nitrogens with zero attached hydrogens (tertiary/aromatic N) is 2. The Morgan fingerprint density at radius 2 is 1.86 bits per heavy atom. The molecule has 1 aliphatic heterocycles. The van der Waals surface area contributed by atoms with Crippen molar-refractivity contribution in [1.82, 2.24) is 15.3 Å². The zero-order chi connectivity index (χ0) is 15.0. The summed E-state index contributed by atoms with van der Waals surface area (Å²) in [7, 11) is 0. The van der Waals surface area contributed by atoms with Gasteiger partial charge >= 0.3 is 0 Å². The highest BCUT2D eigenvalue weighted by Crippen LogP contribution is 2.42. The molecule has 3 rings (SSSR count). The van der Waals surface area contributed by atoms with Gasteiger partial charge in [0.1, 0.15) is 5.82 Å². The average molecular weight is 287 g/mol. The van der Waals surface area contributed by atoms with E-state index in [1.165, 1.54) is 42.6 Å². The van der Waals surface area contributed by atoms with Gasteiger partial charge in [0.15, 0.2) is 0 Å². The van der Waals surface area contributed by atoms with Crippen LogP contribution >= 0.6 is 0 Å². The average Bonchev–Trinajstić information content (AvgIpc) is 2.46.